The maximum atomic E-state index is 11.3. The zero-order valence-electron chi connectivity index (χ0n) is 22.7. The number of amides is 1. The Hall–Kier alpha value is -2.61. The van der Waals surface area contributed by atoms with Gasteiger partial charge in [0, 0.05) is 52.2 Å². The van der Waals surface area contributed by atoms with Gasteiger partial charge in [0.05, 0.1) is 19.3 Å². The number of aliphatic hydroxyl groups is 1. The molecule has 2 saturated heterocycles. The van der Waals surface area contributed by atoms with Gasteiger partial charge in [0.1, 0.15) is 11.5 Å². The first kappa shape index (κ1) is 27.4. The van der Waals surface area contributed by atoms with Gasteiger partial charge in [-0.25, -0.2) is 0 Å². The van der Waals surface area contributed by atoms with Gasteiger partial charge in [-0.3, -0.25) is 4.79 Å². The standard InChI is InChI=1S/C30H43N3O4/c1-22-27(8-4-10-29(22)36-18-6-14-32-16-12-25(20-32)31-24(3)34)28-9-5-11-30(23(28)2)37-19-7-15-33-17-13-26(35)21-33/h4-5,8-11,25-26,35H,6-7,12-21H2,1-3H3,(H,31,34)/t25?,26-/m1/s1. The van der Waals surface area contributed by atoms with E-state index in [4.69, 9.17) is 9.47 Å². The third-order valence-electron chi connectivity index (χ3n) is 7.54. The number of likely N-dealkylation sites (tertiary alicyclic amines) is 2. The highest BCUT2D eigenvalue weighted by molar-refractivity contribution is 5.74. The predicted molar refractivity (Wildman–Crippen MR) is 147 cm³/mol. The number of hydrogen-bond acceptors (Lipinski definition) is 6. The fourth-order valence-electron chi connectivity index (χ4n) is 5.52. The average molecular weight is 510 g/mol. The molecule has 2 aromatic rings. The first-order valence-electron chi connectivity index (χ1n) is 13.8. The van der Waals surface area contributed by atoms with Gasteiger partial charge in [-0.15, -0.1) is 0 Å². The summed E-state index contributed by atoms with van der Waals surface area (Å²) in [6.07, 6.45) is 3.63. The normalized spacial score (nSPS) is 20.3. The van der Waals surface area contributed by atoms with Gasteiger partial charge in [0.25, 0.3) is 0 Å². The van der Waals surface area contributed by atoms with Crippen molar-refractivity contribution in [1.82, 2.24) is 15.1 Å². The van der Waals surface area contributed by atoms with Crippen molar-refractivity contribution in [3.63, 3.8) is 0 Å². The summed E-state index contributed by atoms with van der Waals surface area (Å²) in [5.74, 6) is 1.90. The molecule has 0 saturated carbocycles. The molecular weight excluding hydrogens is 466 g/mol. The number of hydrogen-bond donors (Lipinski definition) is 2. The monoisotopic (exact) mass is 509 g/mol. The van der Waals surface area contributed by atoms with E-state index >= 15 is 0 Å². The van der Waals surface area contributed by atoms with Gasteiger partial charge in [-0.2, -0.15) is 0 Å². The molecule has 2 N–H and O–H groups in total. The molecular formula is C30H43N3O4. The number of β-amino-alcohol motifs (C(OH)–C–C–N with tert-alkyl or cyclic N) is 1. The van der Waals surface area contributed by atoms with Crippen molar-refractivity contribution in [3.05, 3.63) is 47.5 Å². The molecule has 1 amide bonds. The van der Waals surface area contributed by atoms with Crippen molar-refractivity contribution in [3.8, 4) is 22.6 Å². The third-order valence-corrected chi connectivity index (χ3v) is 7.54. The number of ether oxygens (including phenoxy) is 2. The first-order chi connectivity index (χ1) is 17.9. The second kappa shape index (κ2) is 13.3. The van der Waals surface area contributed by atoms with E-state index in [-0.39, 0.29) is 18.1 Å². The van der Waals surface area contributed by atoms with Gasteiger partial charge in [-0.05, 0) is 73.9 Å². The highest BCUT2D eigenvalue weighted by Crippen LogP contribution is 2.35. The maximum Gasteiger partial charge on any atom is 0.217 e. The summed E-state index contributed by atoms with van der Waals surface area (Å²) in [5.41, 5.74) is 4.62. The van der Waals surface area contributed by atoms with E-state index in [1.165, 1.54) is 11.1 Å². The van der Waals surface area contributed by atoms with Crippen LogP contribution in [0.15, 0.2) is 36.4 Å². The summed E-state index contributed by atoms with van der Waals surface area (Å²) >= 11 is 0. The number of rotatable bonds is 12. The largest absolute Gasteiger partial charge is 0.493 e. The van der Waals surface area contributed by atoms with Crippen molar-refractivity contribution >= 4 is 5.91 Å². The Balaban J connectivity index is 1.28. The number of nitrogens with one attached hydrogen (secondary N) is 1. The maximum absolute atomic E-state index is 11.3. The zero-order chi connectivity index (χ0) is 26.2. The van der Waals surface area contributed by atoms with Crippen molar-refractivity contribution in [2.24, 2.45) is 0 Å². The van der Waals surface area contributed by atoms with Gasteiger partial charge in [0.2, 0.25) is 5.91 Å². The minimum atomic E-state index is -0.170. The van der Waals surface area contributed by atoms with Crippen LogP contribution in [0.5, 0.6) is 11.5 Å². The van der Waals surface area contributed by atoms with Gasteiger partial charge < -0.3 is 29.7 Å². The molecule has 2 atom stereocenters. The number of nitrogens with zero attached hydrogens (tertiary/aromatic N) is 2. The van der Waals surface area contributed by atoms with E-state index in [1.54, 1.807) is 6.92 Å². The third kappa shape index (κ3) is 7.69. The molecule has 0 bridgehead atoms. The SMILES string of the molecule is CC(=O)NC1CCN(CCCOc2cccc(-c3cccc(OCCCN4CC[C@@H](O)C4)c3C)c2C)C1. The van der Waals surface area contributed by atoms with Crippen LogP contribution in [0.25, 0.3) is 11.1 Å². The zero-order valence-corrected chi connectivity index (χ0v) is 22.7. The highest BCUT2D eigenvalue weighted by atomic mass is 16.5. The Morgan fingerprint density at radius 2 is 1.43 bits per heavy atom. The van der Waals surface area contributed by atoms with E-state index < -0.39 is 0 Å². The Labute approximate surface area is 221 Å². The molecule has 37 heavy (non-hydrogen) atoms. The molecule has 0 radical (unpaired) electrons. The molecule has 202 valence electrons. The second-order valence-electron chi connectivity index (χ2n) is 10.5. The molecule has 7 heteroatoms. The lowest BCUT2D eigenvalue weighted by Gasteiger charge is -2.19. The van der Waals surface area contributed by atoms with Crippen molar-refractivity contribution in [2.75, 3.05) is 52.5 Å². The van der Waals surface area contributed by atoms with Crippen LogP contribution in [0.4, 0.5) is 0 Å². The van der Waals surface area contributed by atoms with Crippen LogP contribution < -0.4 is 14.8 Å². The summed E-state index contributed by atoms with van der Waals surface area (Å²) in [6.45, 7) is 12.8. The fraction of sp³-hybridized carbons (Fsp3) is 0.567. The smallest absolute Gasteiger partial charge is 0.217 e. The Bertz CT molecular complexity index is 1040. The topological polar surface area (TPSA) is 74.3 Å². The molecule has 2 aliphatic rings. The van der Waals surface area contributed by atoms with Crippen LogP contribution in [0.3, 0.4) is 0 Å². The van der Waals surface area contributed by atoms with Crippen LogP contribution in [0, 0.1) is 13.8 Å². The Morgan fingerprint density at radius 3 is 1.95 bits per heavy atom. The molecule has 2 aliphatic heterocycles. The second-order valence-corrected chi connectivity index (χ2v) is 10.5. The average Bonchev–Trinajstić information content (AvgIpc) is 3.49. The van der Waals surface area contributed by atoms with Crippen LogP contribution in [0.2, 0.25) is 0 Å². The van der Waals surface area contributed by atoms with Gasteiger partial charge in [0.15, 0.2) is 0 Å². The highest BCUT2D eigenvalue weighted by Gasteiger charge is 2.22. The predicted octanol–water partition coefficient (Wildman–Crippen LogP) is 3.79. The first-order valence-corrected chi connectivity index (χ1v) is 13.8. The quantitative estimate of drug-likeness (QED) is 0.424. The van der Waals surface area contributed by atoms with Crippen molar-refractivity contribution in [2.45, 2.75) is 58.6 Å². The van der Waals surface area contributed by atoms with Gasteiger partial charge in [-0.1, -0.05) is 24.3 Å². The summed E-state index contributed by atoms with van der Waals surface area (Å²) in [7, 11) is 0. The fourth-order valence-corrected chi connectivity index (χ4v) is 5.52. The lowest BCUT2D eigenvalue weighted by molar-refractivity contribution is -0.119. The molecule has 4 rings (SSSR count). The van der Waals surface area contributed by atoms with E-state index in [0.717, 1.165) is 87.6 Å². The molecule has 2 fully saturated rings. The van der Waals surface area contributed by atoms with Crippen LogP contribution in [-0.2, 0) is 4.79 Å². The van der Waals surface area contributed by atoms with E-state index in [2.05, 4.69) is 53.2 Å². The number of carbonyl (C=O) groups is 1. The summed E-state index contributed by atoms with van der Waals surface area (Å²) in [4.78, 5) is 16.0. The summed E-state index contributed by atoms with van der Waals surface area (Å²) in [5, 5.41) is 12.7. The lowest BCUT2D eigenvalue weighted by Crippen LogP contribution is -2.35. The van der Waals surface area contributed by atoms with E-state index in [0.29, 0.717) is 13.2 Å². The minimum absolute atomic E-state index is 0.0527. The van der Waals surface area contributed by atoms with Crippen molar-refractivity contribution < 1.29 is 19.4 Å². The van der Waals surface area contributed by atoms with E-state index in [1.807, 2.05) is 12.1 Å². The molecule has 2 aromatic carbocycles. The number of carbonyl (C=O) groups excluding carboxylic acids is 1. The molecule has 0 spiro atoms. The van der Waals surface area contributed by atoms with E-state index in [9.17, 15) is 9.90 Å². The van der Waals surface area contributed by atoms with Crippen LogP contribution >= 0.6 is 0 Å². The molecule has 0 aliphatic carbocycles. The van der Waals surface area contributed by atoms with Crippen LogP contribution in [-0.4, -0.2) is 85.4 Å². The van der Waals surface area contributed by atoms with Crippen LogP contribution in [0.1, 0.15) is 43.7 Å². The lowest BCUT2D eigenvalue weighted by atomic mass is 9.95. The number of aliphatic hydroxyl groups excluding tert-OH is 1. The van der Waals surface area contributed by atoms with Crippen molar-refractivity contribution in [1.29, 1.82) is 0 Å². The minimum Gasteiger partial charge on any atom is -0.493 e. The molecule has 0 aromatic heterocycles. The Morgan fingerprint density at radius 1 is 0.892 bits per heavy atom. The molecule has 1 unspecified atom stereocenters. The number of benzene rings is 2. The summed E-state index contributed by atoms with van der Waals surface area (Å²) < 4.78 is 12.4. The molecule has 7 nitrogen and oxygen atoms in total. The molecule has 2 heterocycles. The summed E-state index contributed by atoms with van der Waals surface area (Å²) in [6, 6.07) is 12.8. The van der Waals surface area contributed by atoms with Gasteiger partial charge >= 0.3 is 0 Å². The Kier molecular flexibility index (Phi) is 9.83.